The molecule has 0 saturated heterocycles. The van der Waals surface area contributed by atoms with E-state index in [2.05, 4.69) is 15.5 Å². The Morgan fingerprint density at radius 3 is 2.48 bits per heavy atom. The Morgan fingerprint density at radius 2 is 1.86 bits per heavy atom. The van der Waals surface area contributed by atoms with Gasteiger partial charge in [0.25, 0.3) is 5.91 Å². The Labute approximate surface area is 173 Å². The molecule has 1 aromatic carbocycles. The van der Waals surface area contributed by atoms with Gasteiger partial charge in [0.15, 0.2) is 17.6 Å². The van der Waals surface area contributed by atoms with Crippen LogP contribution in [0, 0.1) is 0 Å². The first-order chi connectivity index (χ1) is 13.6. The van der Waals surface area contributed by atoms with Gasteiger partial charge < -0.3 is 15.0 Å². The number of anilines is 2. The second kappa shape index (κ2) is 9.63. The Hall–Kier alpha value is -2.76. The van der Waals surface area contributed by atoms with Crippen LogP contribution < -0.4 is 10.2 Å². The van der Waals surface area contributed by atoms with Crippen molar-refractivity contribution in [1.82, 2.24) is 14.5 Å². The minimum absolute atomic E-state index is 0.0305. The number of nitrogens with one attached hydrogen (secondary N) is 1. The molecule has 1 N–H and O–H groups in total. The Bertz CT molecular complexity index is 982. The molecule has 2 aromatic rings. The van der Waals surface area contributed by atoms with Crippen molar-refractivity contribution in [2.45, 2.75) is 4.90 Å². The number of rotatable bonds is 8. The number of likely N-dealkylation sites (N-methyl/N-ethyl adjacent to an activating group) is 1. The molecule has 12 heteroatoms. The summed E-state index contributed by atoms with van der Waals surface area (Å²) in [4.78, 5) is 25.4. The highest BCUT2D eigenvalue weighted by atomic mass is 35.5. The van der Waals surface area contributed by atoms with E-state index in [1.165, 1.54) is 49.3 Å². The molecule has 0 aliphatic heterocycles. The summed E-state index contributed by atoms with van der Waals surface area (Å²) in [6.45, 7) is -0.677. The number of carbonyl (C=O) groups is 2. The quantitative estimate of drug-likeness (QED) is 0.602. The number of hydrogen-bond acceptors (Lipinski definition) is 8. The number of sulfonamides is 1. The van der Waals surface area contributed by atoms with Crippen molar-refractivity contribution in [3.8, 4) is 0 Å². The average molecular weight is 442 g/mol. The van der Waals surface area contributed by atoms with Crippen LogP contribution in [0.3, 0.4) is 0 Å². The Balaban J connectivity index is 1.88. The molecule has 156 valence electrons. The van der Waals surface area contributed by atoms with Crippen molar-refractivity contribution >= 4 is 45.0 Å². The molecule has 0 radical (unpaired) electrons. The first-order valence-electron chi connectivity index (χ1n) is 8.28. The zero-order valence-corrected chi connectivity index (χ0v) is 17.6. The normalized spacial score (nSPS) is 11.2. The zero-order chi connectivity index (χ0) is 21.6. The molecule has 0 bridgehead atoms. The van der Waals surface area contributed by atoms with Crippen LogP contribution in [-0.2, 0) is 24.3 Å². The number of amides is 1. The molecule has 0 saturated carbocycles. The Morgan fingerprint density at radius 1 is 1.14 bits per heavy atom. The molecule has 1 aromatic heterocycles. The summed E-state index contributed by atoms with van der Waals surface area (Å²) in [6.07, 6.45) is 0. The van der Waals surface area contributed by atoms with Crippen molar-refractivity contribution in [3.63, 3.8) is 0 Å². The minimum Gasteiger partial charge on any atom is -0.454 e. The van der Waals surface area contributed by atoms with Gasteiger partial charge in [-0.3, -0.25) is 9.59 Å². The molecule has 0 spiro atoms. The predicted molar refractivity (Wildman–Crippen MR) is 107 cm³/mol. The second-order valence-electron chi connectivity index (χ2n) is 6.09. The summed E-state index contributed by atoms with van der Waals surface area (Å²) in [6, 6.07) is 8.89. The number of esters is 1. The van der Waals surface area contributed by atoms with E-state index in [4.69, 9.17) is 16.3 Å². The van der Waals surface area contributed by atoms with Gasteiger partial charge in [0.05, 0.1) is 4.90 Å². The number of aromatic nitrogens is 2. The van der Waals surface area contributed by atoms with Crippen LogP contribution in [0.25, 0.3) is 0 Å². The number of halogens is 1. The average Bonchev–Trinajstić information content (AvgIpc) is 2.67. The van der Waals surface area contributed by atoms with Crippen molar-refractivity contribution in [2.75, 3.05) is 44.5 Å². The van der Waals surface area contributed by atoms with Gasteiger partial charge >= 0.3 is 5.97 Å². The van der Waals surface area contributed by atoms with E-state index in [9.17, 15) is 18.0 Å². The monoisotopic (exact) mass is 441 g/mol. The summed E-state index contributed by atoms with van der Waals surface area (Å²) < 4.78 is 30.3. The highest BCUT2D eigenvalue weighted by Crippen LogP contribution is 2.18. The minimum atomic E-state index is -3.63. The fourth-order valence-electron chi connectivity index (χ4n) is 2.12. The third-order valence-electron chi connectivity index (χ3n) is 3.64. The molecule has 0 aliphatic rings. The number of ether oxygens (including phenoxy) is 1. The lowest BCUT2D eigenvalue weighted by atomic mass is 10.3. The summed E-state index contributed by atoms with van der Waals surface area (Å²) in [5.74, 6) is -0.843. The van der Waals surface area contributed by atoms with E-state index in [0.717, 1.165) is 4.31 Å². The van der Waals surface area contributed by atoms with Gasteiger partial charge in [0.1, 0.15) is 6.54 Å². The summed E-state index contributed by atoms with van der Waals surface area (Å²) in [7, 11) is 0.794. The molecule has 29 heavy (non-hydrogen) atoms. The maximum atomic E-state index is 12.1. The number of benzene rings is 1. The first-order valence-corrected chi connectivity index (χ1v) is 10.1. The van der Waals surface area contributed by atoms with Crippen molar-refractivity contribution in [3.05, 3.63) is 41.6 Å². The fourth-order valence-corrected chi connectivity index (χ4v) is 3.17. The van der Waals surface area contributed by atoms with Crippen molar-refractivity contribution < 1.29 is 22.7 Å². The third kappa shape index (κ3) is 6.38. The zero-order valence-electron chi connectivity index (χ0n) is 16.0. The van der Waals surface area contributed by atoms with Gasteiger partial charge in [0, 0.05) is 26.8 Å². The summed E-state index contributed by atoms with van der Waals surface area (Å²) in [5, 5.41) is 10.2. The van der Waals surface area contributed by atoms with E-state index in [-0.39, 0.29) is 22.3 Å². The molecule has 0 atom stereocenters. The standard InChI is InChI=1S/C17H20ClN5O5S/c1-22(2)29(26,27)13-6-4-5-12(9-13)19-16(24)11-28-17(25)10-23(3)15-8-7-14(18)20-21-15/h4-9H,10-11H2,1-3H3,(H,19,24). The molecular formula is C17H20ClN5O5S. The lowest BCUT2D eigenvalue weighted by Gasteiger charge is -2.16. The van der Waals surface area contributed by atoms with E-state index >= 15 is 0 Å². The predicted octanol–water partition coefficient (Wildman–Crippen LogP) is 0.998. The van der Waals surface area contributed by atoms with E-state index in [1.807, 2.05) is 0 Å². The van der Waals surface area contributed by atoms with E-state index < -0.39 is 28.5 Å². The molecule has 10 nitrogen and oxygen atoms in total. The smallest absolute Gasteiger partial charge is 0.326 e. The SMILES string of the molecule is CN(CC(=O)OCC(=O)Nc1cccc(S(=O)(=O)N(C)C)c1)c1ccc(Cl)nn1. The highest BCUT2D eigenvalue weighted by molar-refractivity contribution is 7.89. The van der Waals surface area contributed by atoms with Crippen LogP contribution in [-0.4, -0.2) is 69.1 Å². The van der Waals surface area contributed by atoms with Crippen LogP contribution >= 0.6 is 11.6 Å². The van der Waals surface area contributed by atoms with Gasteiger partial charge in [-0.25, -0.2) is 12.7 Å². The highest BCUT2D eigenvalue weighted by Gasteiger charge is 2.18. The van der Waals surface area contributed by atoms with E-state index in [0.29, 0.717) is 5.82 Å². The summed E-state index contributed by atoms with van der Waals surface area (Å²) in [5.41, 5.74) is 0.266. The molecule has 0 fully saturated rings. The Kier molecular flexibility index (Phi) is 7.48. The lowest BCUT2D eigenvalue weighted by molar-refractivity contribution is -0.145. The van der Waals surface area contributed by atoms with Crippen LogP contribution in [0.15, 0.2) is 41.3 Å². The molecule has 0 unspecified atom stereocenters. The number of hydrogen-bond donors (Lipinski definition) is 1. The number of carbonyl (C=O) groups excluding carboxylic acids is 2. The molecule has 1 heterocycles. The van der Waals surface area contributed by atoms with Crippen molar-refractivity contribution in [1.29, 1.82) is 0 Å². The molecule has 0 aliphatic carbocycles. The molecule has 2 rings (SSSR count). The second-order valence-corrected chi connectivity index (χ2v) is 8.63. The van der Waals surface area contributed by atoms with Gasteiger partial charge in [0.2, 0.25) is 10.0 Å². The van der Waals surface area contributed by atoms with Crippen molar-refractivity contribution in [2.24, 2.45) is 0 Å². The van der Waals surface area contributed by atoms with Crippen LogP contribution in [0.1, 0.15) is 0 Å². The summed E-state index contributed by atoms with van der Waals surface area (Å²) >= 11 is 5.66. The topological polar surface area (TPSA) is 122 Å². The van der Waals surface area contributed by atoms with Crippen LogP contribution in [0.5, 0.6) is 0 Å². The maximum Gasteiger partial charge on any atom is 0.326 e. The van der Waals surface area contributed by atoms with E-state index in [1.54, 1.807) is 13.1 Å². The first kappa shape index (κ1) is 22.5. The largest absolute Gasteiger partial charge is 0.454 e. The third-order valence-corrected chi connectivity index (χ3v) is 5.65. The lowest BCUT2D eigenvalue weighted by Crippen LogP contribution is -2.30. The fraction of sp³-hybridized carbons (Fsp3) is 0.294. The van der Waals surface area contributed by atoms with Gasteiger partial charge in [-0.15, -0.1) is 10.2 Å². The number of nitrogens with zero attached hydrogens (tertiary/aromatic N) is 4. The molecule has 1 amide bonds. The molecular weight excluding hydrogens is 422 g/mol. The van der Waals surface area contributed by atoms with Gasteiger partial charge in [-0.1, -0.05) is 17.7 Å². The maximum absolute atomic E-state index is 12.1. The van der Waals surface area contributed by atoms with Gasteiger partial charge in [-0.2, -0.15) is 0 Å². The van der Waals surface area contributed by atoms with Gasteiger partial charge in [-0.05, 0) is 30.3 Å². The van der Waals surface area contributed by atoms with Crippen LogP contribution in [0.4, 0.5) is 11.5 Å². The van der Waals surface area contributed by atoms with Crippen LogP contribution in [0.2, 0.25) is 5.15 Å².